The molecule has 6 heteroatoms. The monoisotopic (exact) mass is 523 g/mol. The third-order valence-corrected chi connectivity index (χ3v) is 6.82. The van der Waals surface area contributed by atoms with Gasteiger partial charge in [0.15, 0.2) is 0 Å². The number of amides is 1. The summed E-state index contributed by atoms with van der Waals surface area (Å²) in [5, 5.41) is 0.701. The molecular weight excluding hydrogens is 485 g/mol. The van der Waals surface area contributed by atoms with Gasteiger partial charge in [-0.25, -0.2) is 4.39 Å². The fraction of sp³-hybridized carbons (Fsp3) is 0.387. The highest BCUT2D eigenvalue weighted by atomic mass is 35.5. The molecule has 1 amide bonds. The van der Waals surface area contributed by atoms with Crippen LogP contribution in [0.25, 0.3) is 0 Å². The Labute approximate surface area is 226 Å². The molecule has 1 aliphatic heterocycles. The van der Waals surface area contributed by atoms with E-state index in [1.54, 1.807) is 12.2 Å². The highest BCUT2D eigenvalue weighted by Gasteiger charge is 2.22. The summed E-state index contributed by atoms with van der Waals surface area (Å²) in [5.41, 5.74) is 8.88. The summed E-state index contributed by atoms with van der Waals surface area (Å²) in [7, 11) is 0. The van der Waals surface area contributed by atoms with Crippen LogP contribution in [0, 0.1) is 5.92 Å². The van der Waals surface area contributed by atoms with E-state index in [9.17, 15) is 9.18 Å². The number of rotatable bonds is 10. The first-order valence-corrected chi connectivity index (χ1v) is 13.4. The molecule has 1 heterocycles. The van der Waals surface area contributed by atoms with Crippen molar-refractivity contribution in [1.29, 1.82) is 0 Å². The molecular formula is C31H39ClFN3O. The Balaban J connectivity index is 1.71. The van der Waals surface area contributed by atoms with E-state index in [4.69, 9.17) is 17.3 Å². The topological polar surface area (TPSA) is 49.6 Å². The van der Waals surface area contributed by atoms with Crippen LogP contribution >= 0.6 is 11.6 Å². The van der Waals surface area contributed by atoms with Crippen LogP contribution in [0.1, 0.15) is 39.0 Å². The quantitative estimate of drug-likeness (QED) is 0.258. The summed E-state index contributed by atoms with van der Waals surface area (Å²) < 4.78 is 14.4. The van der Waals surface area contributed by atoms with Crippen LogP contribution < -0.4 is 5.73 Å². The van der Waals surface area contributed by atoms with Crippen LogP contribution in [-0.2, 0) is 4.79 Å². The molecule has 2 aliphatic carbocycles. The van der Waals surface area contributed by atoms with E-state index in [0.29, 0.717) is 31.1 Å². The lowest BCUT2D eigenvalue weighted by Crippen LogP contribution is -2.41. The fourth-order valence-corrected chi connectivity index (χ4v) is 4.81. The van der Waals surface area contributed by atoms with Crippen molar-refractivity contribution < 1.29 is 9.18 Å². The molecule has 4 nitrogen and oxygen atoms in total. The van der Waals surface area contributed by atoms with E-state index < -0.39 is 0 Å². The zero-order valence-corrected chi connectivity index (χ0v) is 22.5. The van der Waals surface area contributed by atoms with Crippen molar-refractivity contribution in [2.45, 2.75) is 45.1 Å². The molecule has 37 heavy (non-hydrogen) atoms. The van der Waals surface area contributed by atoms with Gasteiger partial charge in [-0.2, -0.15) is 0 Å². The molecule has 198 valence electrons. The first-order chi connectivity index (χ1) is 17.9. The lowest BCUT2D eigenvalue weighted by atomic mass is 9.91. The van der Waals surface area contributed by atoms with Crippen molar-refractivity contribution in [3.8, 4) is 0 Å². The van der Waals surface area contributed by atoms with Crippen LogP contribution in [-0.4, -0.2) is 47.9 Å². The number of hydrogen-bond acceptors (Lipinski definition) is 3. The predicted molar refractivity (Wildman–Crippen MR) is 153 cm³/mol. The van der Waals surface area contributed by atoms with E-state index in [2.05, 4.69) is 29.7 Å². The van der Waals surface area contributed by atoms with Crippen molar-refractivity contribution in [2.75, 3.05) is 26.2 Å². The number of hydrogen-bond donors (Lipinski definition) is 1. The first-order valence-electron chi connectivity index (χ1n) is 13.1. The van der Waals surface area contributed by atoms with Gasteiger partial charge in [0, 0.05) is 36.4 Å². The summed E-state index contributed by atoms with van der Waals surface area (Å²) in [6, 6.07) is -0.00830. The lowest BCUT2D eigenvalue weighted by molar-refractivity contribution is -0.131. The molecule has 3 rings (SSSR count). The van der Waals surface area contributed by atoms with Crippen molar-refractivity contribution in [3.63, 3.8) is 0 Å². The molecule has 0 spiro atoms. The second-order valence-electron chi connectivity index (χ2n) is 9.70. The Morgan fingerprint density at radius 1 is 1.32 bits per heavy atom. The minimum atomic E-state index is -0.153. The lowest BCUT2D eigenvalue weighted by Gasteiger charge is -2.31. The number of nitrogens with two attached hydrogens (primary N) is 1. The maximum absolute atomic E-state index is 14.4. The molecule has 0 aromatic rings. The molecule has 2 atom stereocenters. The van der Waals surface area contributed by atoms with Gasteiger partial charge >= 0.3 is 0 Å². The van der Waals surface area contributed by atoms with E-state index in [0.717, 1.165) is 42.5 Å². The summed E-state index contributed by atoms with van der Waals surface area (Å²) >= 11 is 6.14. The Kier molecular flexibility index (Phi) is 11.4. The second kappa shape index (κ2) is 14.7. The normalized spacial score (nSPS) is 22.6. The molecule has 0 fully saturated rings. The largest absolute Gasteiger partial charge is 0.362 e. The molecule has 2 N–H and O–H groups in total. The molecule has 0 aromatic carbocycles. The number of allylic oxidation sites excluding steroid dienone is 13. The summed E-state index contributed by atoms with van der Waals surface area (Å²) in [5.74, 6) is 0.149. The Morgan fingerprint density at radius 3 is 2.89 bits per heavy atom. The maximum atomic E-state index is 14.4. The van der Waals surface area contributed by atoms with Crippen molar-refractivity contribution >= 4 is 17.5 Å². The number of halogens is 2. The van der Waals surface area contributed by atoms with Gasteiger partial charge in [-0.1, -0.05) is 72.9 Å². The van der Waals surface area contributed by atoms with E-state index in [-0.39, 0.29) is 30.2 Å². The van der Waals surface area contributed by atoms with Crippen LogP contribution in [0.4, 0.5) is 4.39 Å². The van der Waals surface area contributed by atoms with Gasteiger partial charge in [-0.3, -0.25) is 4.79 Å². The Morgan fingerprint density at radius 2 is 2.16 bits per heavy atom. The molecule has 0 saturated heterocycles. The van der Waals surface area contributed by atoms with Crippen LogP contribution in [0.15, 0.2) is 107 Å². The molecule has 2 unspecified atom stereocenters. The van der Waals surface area contributed by atoms with Crippen LogP contribution in [0.2, 0.25) is 0 Å². The minimum absolute atomic E-state index is 0.00830. The van der Waals surface area contributed by atoms with Crippen molar-refractivity contribution in [2.24, 2.45) is 11.7 Å². The number of carbonyl (C=O) groups excluding carboxylic acids is 1. The van der Waals surface area contributed by atoms with Gasteiger partial charge in [-0.05, 0) is 74.3 Å². The van der Waals surface area contributed by atoms with Gasteiger partial charge in [0.2, 0.25) is 5.91 Å². The zero-order chi connectivity index (χ0) is 26.6. The third kappa shape index (κ3) is 9.49. The van der Waals surface area contributed by atoms with Gasteiger partial charge in [0.1, 0.15) is 5.83 Å². The Hall–Kier alpha value is -2.89. The van der Waals surface area contributed by atoms with Gasteiger partial charge in [0.05, 0.1) is 6.54 Å². The average Bonchev–Trinajstić information content (AvgIpc) is 3.21. The maximum Gasteiger partial charge on any atom is 0.242 e. The molecule has 0 aromatic heterocycles. The minimum Gasteiger partial charge on any atom is -0.362 e. The summed E-state index contributed by atoms with van der Waals surface area (Å²) in [6.45, 7) is 7.83. The molecule has 0 saturated carbocycles. The van der Waals surface area contributed by atoms with Crippen molar-refractivity contribution in [1.82, 2.24) is 9.80 Å². The summed E-state index contributed by atoms with van der Waals surface area (Å²) in [6.07, 6.45) is 26.9. The fourth-order valence-electron chi connectivity index (χ4n) is 4.67. The standard InChI is InChI=1S/C31H39ClFN3O/c1-3-8-25(21-24(2)32)16-19-36(23-31(37)35-18-7-10-28(34)17-20-35)29-14-12-26(13-15-29)22-27-9-5-4-6-11-30(27)33/h3-4,6-12,14-15,21,26,28H,1,5,13,16-20,22-23,34H2,2H3/b24-21+,25-8-. The van der Waals surface area contributed by atoms with Crippen LogP contribution in [0.5, 0.6) is 0 Å². The van der Waals surface area contributed by atoms with Gasteiger partial charge < -0.3 is 15.5 Å². The molecule has 3 aliphatic rings. The van der Waals surface area contributed by atoms with Gasteiger partial charge in [-0.15, -0.1) is 0 Å². The van der Waals surface area contributed by atoms with Gasteiger partial charge in [0.25, 0.3) is 0 Å². The summed E-state index contributed by atoms with van der Waals surface area (Å²) in [4.78, 5) is 17.3. The zero-order valence-electron chi connectivity index (χ0n) is 21.8. The first kappa shape index (κ1) is 28.7. The Bertz CT molecular complexity index is 1070. The third-order valence-electron chi connectivity index (χ3n) is 6.71. The van der Waals surface area contributed by atoms with Crippen LogP contribution in [0.3, 0.4) is 0 Å². The average molecular weight is 524 g/mol. The smallest absolute Gasteiger partial charge is 0.242 e. The van der Waals surface area contributed by atoms with E-state index in [1.807, 2.05) is 48.3 Å². The number of nitrogens with zero attached hydrogens (tertiary/aromatic N) is 2. The predicted octanol–water partition coefficient (Wildman–Crippen LogP) is 6.64. The van der Waals surface area contributed by atoms with E-state index in [1.165, 1.54) is 6.08 Å². The highest BCUT2D eigenvalue weighted by Crippen LogP contribution is 2.29. The van der Waals surface area contributed by atoms with Crippen molar-refractivity contribution in [3.05, 3.63) is 107 Å². The second-order valence-corrected chi connectivity index (χ2v) is 10.3. The molecule has 0 bridgehead atoms. The van der Waals surface area contributed by atoms with E-state index >= 15 is 0 Å². The SMILES string of the molecule is C=C/C=C(\C=C(/C)Cl)CCN(CC(=O)N1CC=CC(N)CC1)C1=CCC(CC2=CCC=CC=C2F)C=C1. The molecule has 0 radical (unpaired) electrons. The highest BCUT2D eigenvalue weighted by molar-refractivity contribution is 6.29. The number of carbonyl (C=O) groups is 1.